The van der Waals surface area contributed by atoms with E-state index in [0.717, 1.165) is 19.5 Å². The molecule has 4 nitrogen and oxygen atoms in total. The van der Waals surface area contributed by atoms with Gasteiger partial charge in [0.15, 0.2) is 0 Å². The number of hydrogen-bond acceptors (Lipinski definition) is 3. The van der Waals surface area contributed by atoms with Gasteiger partial charge in [-0.15, -0.1) is 0 Å². The van der Waals surface area contributed by atoms with E-state index in [-0.39, 0.29) is 6.04 Å². The molecule has 0 saturated carbocycles. The topological polar surface area (TPSA) is 49.4 Å². The Morgan fingerprint density at radius 1 is 1.44 bits per heavy atom. The third-order valence-electron chi connectivity index (χ3n) is 3.28. The van der Waals surface area contributed by atoms with Crippen LogP contribution in [0.5, 0.6) is 0 Å². The number of nitrogens with zero attached hydrogens (tertiary/aromatic N) is 1. The molecule has 1 aliphatic heterocycles. The lowest BCUT2D eigenvalue weighted by atomic mass is 10.0. The molecule has 0 aliphatic carbocycles. The van der Waals surface area contributed by atoms with E-state index in [2.05, 4.69) is 30.4 Å². The highest BCUT2D eigenvalue weighted by Gasteiger charge is 2.29. The van der Waals surface area contributed by atoms with E-state index in [1.807, 2.05) is 6.07 Å². The van der Waals surface area contributed by atoms with E-state index in [1.54, 1.807) is 4.31 Å². The molecule has 1 aliphatic rings. The minimum atomic E-state index is -3.11. The number of aryl methyl sites for hydroxylation is 1. The fourth-order valence-electron chi connectivity index (χ4n) is 2.46. The number of rotatable bonds is 3. The molecule has 100 valence electrons. The average molecular weight is 268 g/mol. The lowest BCUT2D eigenvalue weighted by Gasteiger charge is -2.34. The van der Waals surface area contributed by atoms with Crippen LogP contribution in [0.4, 0.5) is 0 Å². The second-order valence-electron chi connectivity index (χ2n) is 4.92. The summed E-state index contributed by atoms with van der Waals surface area (Å²) in [5.74, 6) is 0. The highest BCUT2D eigenvalue weighted by atomic mass is 32.2. The van der Waals surface area contributed by atoms with Gasteiger partial charge in [-0.25, -0.2) is 8.42 Å². The van der Waals surface area contributed by atoms with Gasteiger partial charge in [0.05, 0.1) is 6.26 Å². The first kappa shape index (κ1) is 13.5. The first-order chi connectivity index (χ1) is 8.47. The van der Waals surface area contributed by atoms with Crippen molar-refractivity contribution in [2.24, 2.45) is 0 Å². The van der Waals surface area contributed by atoms with Crippen LogP contribution in [-0.2, 0) is 16.4 Å². The van der Waals surface area contributed by atoms with Crippen LogP contribution in [0.15, 0.2) is 24.3 Å². The molecule has 0 amide bonds. The van der Waals surface area contributed by atoms with Crippen LogP contribution in [0.2, 0.25) is 0 Å². The molecule has 1 N–H and O–H groups in total. The van der Waals surface area contributed by atoms with Crippen molar-refractivity contribution in [2.75, 3.05) is 25.9 Å². The number of benzene rings is 1. The van der Waals surface area contributed by atoms with Gasteiger partial charge >= 0.3 is 0 Å². The van der Waals surface area contributed by atoms with E-state index in [1.165, 1.54) is 17.4 Å². The predicted molar refractivity (Wildman–Crippen MR) is 73.1 cm³/mol. The monoisotopic (exact) mass is 268 g/mol. The first-order valence-corrected chi connectivity index (χ1v) is 8.05. The van der Waals surface area contributed by atoms with Crippen LogP contribution in [0.3, 0.4) is 0 Å². The number of hydrogen-bond donors (Lipinski definition) is 1. The molecule has 1 aromatic rings. The summed E-state index contributed by atoms with van der Waals surface area (Å²) in [6.45, 7) is 4.07. The number of nitrogens with one attached hydrogen (secondary N) is 1. The Kier molecular flexibility index (Phi) is 4.04. The minimum Gasteiger partial charge on any atom is -0.314 e. The van der Waals surface area contributed by atoms with Gasteiger partial charge in [0, 0.05) is 25.7 Å². The standard InChI is InChI=1S/C13H20N2O2S/c1-11-4-3-5-12(8-11)9-13-10-14-6-7-15(13)18(2,16)17/h3-5,8,13-14H,6-7,9-10H2,1-2H3. The predicted octanol–water partition coefficient (Wildman–Crippen LogP) is 0.771. The first-order valence-electron chi connectivity index (χ1n) is 6.20. The zero-order valence-corrected chi connectivity index (χ0v) is 11.7. The van der Waals surface area contributed by atoms with Crippen molar-refractivity contribution in [1.29, 1.82) is 0 Å². The quantitative estimate of drug-likeness (QED) is 0.881. The lowest BCUT2D eigenvalue weighted by molar-refractivity contribution is 0.267. The van der Waals surface area contributed by atoms with Gasteiger partial charge in [-0.1, -0.05) is 29.8 Å². The van der Waals surface area contributed by atoms with Crippen LogP contribution in [-0.4, -0.2) is 44.7 Å². The summed E-state index contributed by atoms with van der Waals surface area (Å²) in [6, 6.07) is 8.27. The van der Waals surface area contributed by atoms with Crippen LogP contribution in [0.25, 0.3) is 0 Å². The molecule has 2 rings (SSSR count). The highest BCUT2D eigenvalue weighted by Crippen LogP contribution is 2.15. The van der Waals surface area contributed by atoms with Crippen molar-refractivity contribution in [1.82, 2.24) is 9.62 Å². The molecule has 1 heterocycles. The largest absolute Gasteiger partial charge is 0.314 e. The molecule has 0 radical (unpaired) electrons. The van der Waals surface area contributed by atoms with Crippen molar-refractivity contribution >= 4 is 10.0 Å². The van der Waals surface area contributed by atoms with E-state index < -0.39 is 10.0 Å². The molecule has 1 atom stereocenters. The van der Waals surface area contributed by atoms with Crippen molar-refractivity contribution < 1.29 is 8.42 Å². The van der Waals surface area contributed by atoms with Crippen molar-refractivity contribution in [2.45, 2.75) is 19.4 Å². The molecule has 0 spiro atoms. The third-order valence-corrected chi connectivity index (χ3v) is 4.61. The molecule has 1 aromatic carbocycles. The molecule has 18 heavy (non-hydrogen) atoms. The van der Waals surface area contributed by atoms with Gasteiger partial charge in [-0.3, -0.25) is 0 Å². The van der Waals surface area contributed by atoms with Crippen molar-refractivity contribution in [3.63, 3.8) is 0 Å². The Balaban J connectivity index is 2.15. The van der Waals surface area contributed by atoms with E-state index >= 15 is 0 Å². The summed E-state index contributed by atoms with van der Waals surface area (Å²) in [4.78, 5) is 0. The Morgan fingerprint density at radius 2 is 2.22 bits per heavy atom. The van der Waals surface area contributed by atoms with Crippen LogP contribution in [0.1, 0.15) is 11.1 Å². The molecular weight excluding hydrogens is 248 g/mol. The number of sulfonamides is 1. The van der Waals surface area contributed by atoms with Gasteiger partial charge in [-0.05, 0) is 18.9 Å². The molecular formula is C13H20N2O2S. The second kappa shape index (κ2) is 5.38. The summed E-state index contributed by atoms with van der Waals surface area (Å²) in [6.07, 6.45) is 2.06. The van der Waals surface area contributed by atoms with Gasteiger partial charge in [-0.2, -0.15) is 4.31 Å². The smallest absolute Gasteiger partial charge is 0.211 e. The van der Waals surface area contributed by atoms with Crippen molar-refractivity contribution in [3.05, 3.63) is 35.4 Å². The molecule has 1 saturated heterocycles. The van der Waals surface area contributed by atoms with Crippen LogP contribution < -0.4 is 5.32 Å². The minimum absolute atomic E-state index is 0.0237. The fraction of sp³-hybridized carbons (Fsp3) is 0.538. The summed E-state index contributed by atoms with van der Waals surface area (Å²) in [5, 5.41) is 3.27. The molecule has 0 bridgehead atoms. The van der Waals surface area contributed by atoms with Gasteiger partial charge in [0.1, 0.15) is 0 Å². The third kappa shape index (κ3) is 3.31. The van der Waals surface area contributed by atoms with E-state index in [9.17, 15) is 8.42 Å². The fourth-order valence-corrected chi connectivity index (χ4v) is 3.58. The molecule has 0 aromatic heterocycles. The average Bonchev–Trinajstić information content (AvgIpc) is 2.28. The van der Waals surface area contributed by atoms with Gasteiger partial charge in [0.2, 0.25) is 10.0 Å². The maximum absolute atomic E-state index is 11.8. The summed E-state index contributed by atoms with van der Waals surface area (Å²) >= 11 is 0. The summed E-state index contributed by atoms with van der Waals surface area (Å²) in [5.41, 5.74) is 2.40. The van der Waals surface area contributed by atoms with Gasteiger partial charge < -0.3 is 5.32 Å². The zero-order valence-electron chi connectivity index (χ0n) is 10.9. The zero-order chi connectivity index (χ0) is 13.2. The highest BCUT2D eigenvalue weighted by molar-refractivity contribution is 7.88. The lowest BCUT2D eigenvalue weighted by Crippen LogP contribution is -2.54. The Bertz CT molecular complexity index is 513. The molecule has 5 heteroatoms. The molecule has 1 unspecified atom stereocenters. The Labute approximate surface area is 109 Å². The second-order valence-corrected chi connectivity index (χ2v) is 6.86. The number of piperazine rings is 1. The maximum atomic E-state index is 11.8. The Hall–Kier alpha value is -0.910. The van der Waals surface area contributed by atoms with Crippen molar-refractivity contribution in [3.8, 4) is 0 Å². The van der Waals surface area contributed by atoms with E-state index in [4.69, 9.17) is 0 Å². The Morgan fingerprint density at radius 3 is 2.89 bits per heavy atom. The van der Waals surface area contributed by atoms with Crippen LogP contribution in [0, 0.1) is 6.92 Å². The van der Waals surface area contributed by atoms with Crippen LogP contribution >= 0.6 is 0 Å². The van der Waals surface area contributed by atoms with E-state index in [0.29, 0.717) is 6.54 Å². The van der Waals surface area contributed by atoms with Gasteiger partial charge in [0.25, 0.3) is 0 Å². The maximum Gasteiger partial charge on any atom is 0.211 e. The molecule has 1 fully saturated rings. The summed E-state index contributed by atoms with van der Waals surface area (Å²) < 4.78 is 25.1. The SMILES string of the molecule is Cc1cccc(CC2CNCCN2S(C)(=O)=O)c1. The summed E-state index contributed by atoms with van der Waals surface area (Å²) in [7, 11) is -3.11. The normalized spacial score (nSPS) is 22.0.